The number of carbonyl (C=O) groups is 1. The van der Waals surface area contributed by atoms with Crippen LogP contribution in [0.3, 0.4) is 0 Å². The van der Waals surface area contributed by atoms with Gasteiger partial charge in [0.05, 0.1) is 0 Å². The van der Waals surface area contributed by atoms with Crippen molar-refractivity contribution in [2.45, 2.75) is 25.6 Å². The van der Waals surface area contributed by atoms with Gasteiger partial charge in [-0.2, -0.15) is 0 Å². The second-order valence-electron chi connectivity index (χ2n) is 4.59. The molecule has 108 valence electrons. The van der Waals surface area contributed by atoms with Crippen LogP contribution in [0.1, 0.15) is 19.3 Å². The zero-order valence-electron chi connectivity index (χ0n) is 10.6. The van der Waals surface area contributed by atoms with Crippen molar-refractivity contribution in [2.75, 3.05) is 5.32 Å². The fourth-order valence-corrected chi connectivity index (χ4v) is 2.06. The minimum Gasteiger partial charge on any atom is -0.406 e. The second-order valence-corrected chi connectivity index (χ2v) is 4.59. The van der Waals surface area contributed by atoms with E-state index < -0.39 is 6.36 Å². The number of hydrogen-bond acceptors (Lipinski definition) is 2. The summed E-state index contributed by atoms with van der Waals surface area (Å²) >= 11 is 0. The standard InChI is InChI=1S/C14H14F3NO2/c15-14(16,17)20-12-7-5-11(6-8-12)18-13(19)9-10-3-1-2-4-10/h1,3,5-8,10H,2,4,9H2,(H,18,19)/t10-/m0/s1. The number of allylic oxidation sites excluding steroid dienone is 2. The quantitative estimate of drug-likeness (QED) is 0.852. The minimum absolute atomic E-state index is 0.147. The van der Waals surface area contributed by atoms with Crippen molar-refractivity contribution < 1.29 is 22.7 Å². The van der Waals surface area contributed by atoms with Gasteiger partial charge in [0, 0.05) is 12.1 Å². The topological polar surface area (TPSA) is 38.3 Å². The van der Waals surface area contributed by atoms with Crippen molar-refractivity contribution >= 4 is 11.6 Å². The highest BCUT2D eigenvalue weighted by Crippen LogP contribution is 2.25. The molecule has 1 atom stereocenters. The van der Waals surface area contributed by atoms with Crippen LogP contribution >= 0.6 is 0 Å². The summed E-state index contributed by atoms with van der Waals surface area (Å²) in [5.41, 5.74) is 0.450. The molecule has 0 spiro atoms. The Labute approximate surface area is 114 Å². The summed E-state index contributed by atoms with van der Waals surface area (Å²) in [5, 5.41) is 2.65. The van der Waals surface area contributed by atoms with Gasteiger partial charge in [0.1, 0.15) is 5.75 Å². The van der Waals surface area contributed by atoms with Gasteiger partial charge in [-0.25, -0.2) is 0 Å². The third-order valence-corrected chi connectivity index (χ3v) is 2.93. The predicted molar refractivity (Wildman–Crippen MR) is 68.2 cm³/mol. The molecule has 0 fully saturated rings. The number of ether oxygens (including phenoxy) is 1. The average Bonchev–Trinajstić information content (AvgIpc) is 2.82. The molecule has 0 unspecified atom stereocenters. The van der Waals surface area contributed by atoms with Gasteiger partial charge in [0.25, 0.3) is 0 Å². The molecule has 1 aliphatic carbocycles. The highest BCUT2D eigenvalue weighted by molar-refractivity contribution is 5.91. The number of anilines is 1. The van der Waals surface area contributed by atoms with Crippen LogP contribution in [0.5, 0.6) is 5.75 Å². The summed E-state index contributed by atoms with van der Waals surface area (Å²) in [4.78, 5) is 11.7. The normalized spacial score (nSPS) is 18.1. The molecule has 1 aromatic carbocycles. The maximum atomic E-state index is 12.0. The third-order valence-electron chi connectivity index (χ3n) is 2.93. The van der Waals surface area contributed by atoms with Crippen molar-refractivity contribution in [1.29, 1.82) is 0 Å². The molecule has 0 saturated heterocycles. The van der Waals surface area contributed by atoms with Crippen molar-refractivity contribution in [3.8, 4) is 5.75 Å². The van der Waals surface area contributed by atoms with Crippen LogP contribution in [0.15, 0.2) is 36.4 Å². The Hall–Kier alpha value is -1.98. The number of alkyl halides is 3. The summed E-state index contributed by atoms with van der Waals surface area (Å²) in [7, 11) is 0. The Morgan fingerprint density at radius 2 is 2.00 bits per heavy atom. The second kappa shape index (κ2) is 5.98. The first-order valence-electron chi connectivity index (χ1n) is 6.25. The van der Waals surface area contributed by atoms with E-state index in [1.807, 2.05) is 12.2 Å². The lowest BCUT2D eigenvalue weighted by atomic mass is 10.1. The summed E-state index contributed by atoms with van der Waals surface area (Å²) in [6, 6.07) is 5.09. The number of halogens is 3. The smallest absolute Gasteiger partial charge is 0.406 e. The largest absolute Gasteiger partial charge is 0.573 e. The number of nitrogens with one attached hydrogen (secondary N) is 1. The van der Waals surface area contributed by atoms with Gasteiger partial charge in [0.2, 0.25) is 5.91 Å². The molecule has 20 heavy (non-hydrogen) atoms. The summed E-state index contributed by atoms with van der Waals surface area (Å²) in [6.07, 6.45) is 1.69. The first-order valence-corrected chi connectivity index (χ1v) is 6.25. The number of amides is 1. The van der Waals surface area contributed by atoms with E-state index in [1.165, 1.54) is 24.3 Å². The monoisotopic (exact) mass is 285 g/mol. The molecule has 3 nitrogen and oxygen atoms in total. The Bertz CT molecular complexity index is 494. The van der Waals surface area contributed by atoms with Gasteiger partial charge in [-0.15, -0.1) is 13.2 Å². The lowest BCUT2D eigenvalue weighted by Gasteiger charge is -2.11. The molecule has 1 aliphatic rings. The van der Waals surface area contributed by atoms with Gasteiger partial charge in [0.15, 0.2) is 0 Å². The molecular formula is C14H14F3NO2. The van der Waals surface area contributed by atoms with Gasteiger partial charge in [-0.3, -0.25) is 4.79 Å². The maximum absolute atomic E-state index is 12.0. The predicted octanol–water partition coefficient (Wildman–Crippen LogP) is 3.88. The van der Waals surface area contributed by atoms with E-state index in [0.29, 0.717) is 12.1 Å². The molecule has 0 heterocycles. The highest BCUT2D eigenvalue weighted by atomic mass is 19.4. The molecule has 0 aromatic heterocycles. The maximum Gasteiger partial charge on any atom is 0.573 e. The molecule has 1 N–H and O–H groups in total. The van der Waals surface area contributed by atoms with Gasteiger partial charge in [-0.05, 0) is 43.0 Å². The molecule has 0 radical (unpaired) electrons. The summed E-state index contributed by atoms with van der Waals surface area (Å²) < 4.78 is 39.7. The Morgan fingerprint density at radius 3 is 2.55 bits per heavy atom. The zero-order chi connectivity index (χ0) is 14.6. The summed E-state index contributed by atoms with van der Waals surface area (Å²) in [5.74, 6) is -0.205. The lowest BCUT2D eigenvalue weighted by Crippen LogP contribution is -2.17. The molecule has 6 heteroatoms. The number of benzene rings is 1. The van der Waals surface area contributed by atoms with E-state index in [9.17, 15) is 18.0 Å². The van der Waals surface area contributed by atoms with Gasteiger partial charge >= 0.3 is 6.36 Å². The molecule has 0 saturated carbocycles. The van der Waals surface area contributed by atoms with Crippen LogP contribution in [0, 0.1) is 5.92 Å². The molecule has 1 aromatic rings. The fourth-order valence-electron chi connectivity index (χ4n) is 2.06. The molecule has 0 aliphatic heterocycles. The van der Waals surface area contributed by atoms with Gasteiger partial charge < -0.3 is 10.1 Å². The van der Waals surface area contributed by atoms with E-state index >= 15 is 0 Å². The van der Waals surface area contributed by atoms with Crippen LogP contribution in [-0.2, 0) is 4.79 Å². The Balaban J connectivity index is 1.86. The van der Waals surface area contributed by atoms with E-state index in [4.69, 9.17) is 0 Å². The van der Waals surface area contributed by atoms with Crippen LogP contribution in [0.25, 0.3) is 0 Å². The van der Waals surface area contributed by atoms with Crippen molar-refractivity contribution in [3.63, 3.8) is 0 Å². The van der Waals surface area contributed by atoms with Crippen molar-refractivity contribution in [3.05, 3.63) is 36.4 Å². The number of hydrogen-bond donors (Lipinski definition) is 1. The number of carbonyl (C=O) groups excluding carboxylic acids is 1. The van der Waals surface area contributed by atoms with E-state index in [2.05, 4.69) is 10.1 Å². The molecular weight excluding hydrogens is 271 g/mol. The summed E-state index contributed by atoms with van der Waals surface area (Å²) in [6.45, 7) is 0. The van der Waals surface area contributed by atoms with Gasteiger partial charge in [-0.1, -0.05) is 12.2 Å². The first kappa shape index (κ1) is 14.4. The fraction of sp³-hybridized carbons (Fsp3) is 0.357. The van der Waals surface area contributed by atoms with Crippen LogP contribution in [0.2, 0.25) is 0 Å². The van der Waals surface area contributed by atoms with Crippen LogP contribution in [-0.4, -0.2) is 12.3 Å². The average molecular weight is 285 g/mol. The Morgan fingerprint density at radius 1 is 1.30 bits per heavy atom. The SMILES string of the molecule is O=C(C[C@H]1C=CCC1)Nc1ccc(OC(F)(F)F)cc1. The lowest BCUT2D eigenvalue weighted by molar-refractivity contribution is -0.274. The van der Waals surface area contributed by atoms with Crippen LogP contribution in [0.4, 0.5) is 18.9 Å². The zero-order valence-corrected chi connectivity index (χ0v) is 10.6. The molecule has 2 rings (SSSR count). The molecule has 0 bridgehead atoms. The van der Waals surface area contributed by atoms with Crippen molar-refractivity contribution in [1.82, 2.24) is 0 Å². The van der Waals surface area contributed by atoms with E-state index in [-0.39, 0.29) is 17.6 Å². The van der Waals surface area contributed by atoms with Crippen molar-refractivity contribution in [2.24, 2.45) is 5.92 Å². The first-order chi connectivity index (χ1) is 9.42. The van der Waals surface area contributed by atoms with E-state index in [1.54, 1.807) is 0 Å². The van der Waals surface area contributed by atoms with Crippen LogP contribution < -0.4 is 10.1 Å². The number of rotatable bonds is 4. The third kappa shape index (κ3) is 4.60. The van der Waals surface area contributed by atoms with E-state index in [0.717, 1.165) is 12.8 Å². The molecule has 1 amide bonds. The highest BCUT2D eigenvalue weighted by Gasteiger charge is 2.30. The Kier molecular flexibility index (Phi) is 4.32. The minimum atomic E-state index is -4.71.